The van der Waals surface area contributed by atoms with Crippen molar-refractivity contribution >= 4 is 35.2 Å². The molecule has 0 unspecified atom stereocenters. The zero-order valence-electron chi connectivity index (χ0n) is 15.7. The summed E-state index contributed by atoms with van der Waals surface area (Å²) in [7, 11) is 1.59. The van der Waals surface area contributed by atoms with E-state index in [1.807, 2.05) is 54.6 Å². The number of carbonyl (C=O) groups excluding carboxylic acids is 2. The van der Waals surface area contributed by atoms with Crippen LogP contribution in [0.3, 0.4) is 0 Å². The van der Waals surface area contributed by atoms with E-state index in [1.165, 1.54) is 11.8 Å². The Hall–Kier alpha value is -1.98. The number of likely N-dealkylation sites (N-methyl/N-ethyl adjacent to an activating group) is 1. The Morgan fingerprint density at radius 1 is 1.11 bits per heavy atom. The van der Waals surface area contributed by atoms with Crippen molar-refractivity contribution in [2.24, 2.45) is 0 Å². The SMILES string of the molecule is CNC(=O)[C@@H](C)N(CCc1ccccc1)C(=O)CSCc1ccccc1Cl. The summed E-state index contributed by atoms with van der Waals surface area (Å²) >= 11 is 7.68. The van der Waals surface area contributed by atoms with Crippen molar-refractivity contribution < 1.29 is 9.59 Å². The zero-order valence-corrected chi connectivity index (χ0v) is 17.2. The number of amides is 2. The Labute approximate surface area is 170 Å². The summed E-state index contributed by atoms with van der Waals surface area (Å²) in [5.41, 5.74) is 2.15. The van der Waals surface area contributed by atoms with Gasteiger partial charge in [-0.15, -0.1) is 11.8 Å². The fraction of sp³-hybridized carbons (Fsp3) is 0.333. The number of benzene rings is 2. The molecule has 0 bridgehead atoms. The van der Waals surface area contributed by atoms with Crippen LogP contribution in [-0.4, -0.2) is 42.1 Å². The first-order valence-electron chi connectivity index (χ1n) is 8.89. The lowest BCUT2D eigenvalue weighted by Gasteiger charge is -2.28. The highest BCUT2D eigenvalue weighted by Crippen LogP contribution is 2.21. The highest BCUT2D eigenvalue weighted by molar-refractivity contribution is 7.99. The fourth-order valence-corrected chi connectivity index (χ4v) is 3.92. The topological polar surface area (TPSA) is 49.4 Å². The highest BCUT2D eigenvalue weighted by Gasteiger charge is 2.24. The van der Waals surface area contributed by atoms with Gasteiger partial charge in [0, 0.05) is 24.4 Å². The van der Waals surface area contributed by atoms with Crippen LogP contribution in [-0.2, 0) is 21.8 Å². The normalized spacial score (nSPS) is 11.7. The molecule has 0 heterocycles. The van der Waals surface area contributed by atoms with Crippen LogP contribution in [0.15, 0.2) is 54.6 Å². The van der Waals surface area contributed by atoms with Crippen LogP contribution in [0.4, 0.5) is 0 Å². The molecular formula is C21H25ClN2O2S. The molecule has 0 aliphatic rings. The molecule has 0 aromatic heterocycles. The van der Waals surface area contributed by atoms with E-state index in [4.69, 9.17) is 11.6 Å². The summed E-state index contributed by atoms with van der Waals surface area (Å²) in [6.07, 6.45) is 0.711. The van der Waals surface area contributed by atoms with Crippen molar-refractivity contribution in [2.75, 3.05) is 19.3 Å². The van der Waals surface area contributed by atoms with E-state index >= 15 is 0 Å². The number of hydrogen-bond donors (Lipinski definition) is 1. The molecule has 0 aliphatic carbocycles. The Morgan fingerprint density at radius 3 is 2.44 bits per heavy atom. The number of rotatable bonds is 9. The van der Waals surface area contributed by atoms with Gasteiger partial charge in [-0.05, 0) is 30.5 Å². The van der Waals surface area contributed by atoms with Crippen molar-refractivity contribution in [3.05, 3.63) is 70.7 Å². The number of nitrogens with zero attached hydrogens (tertiary/aromatic N) is 1. The Kier molecular flexibility index (Phi) is 8.69. The molecule has 0 fully saturated rings. The molecule has 2 aromatic carbocycles. The average molecular weight is 405 g/mol. The molecule has 144 valence electrons. The Bertz CT molecular complexity index is 755. The van der Waals surface area contributed by atoms with Gasteiger partial charge in [0.25, 0.3) is 0 Å². The fourth-order valence-electron chi connectivity index (χ4n) is 2.73. The molecule has 27 heavy (non-hydrogen) atoms. The minimum absolute atomic E-state index is 0.0425. The Balaban J connectivity index is 1.97. The van der Waals surface area contributed by atoms with Crippen LogP contribution >= 0.6 is 23.4 Å². The number of nitrogens with one attached hydrogen (secondary N) is 1. The molecule has 1 atom stereocenters. The highest BCUT2D eigenvalue weighted by atomic mass is 35.5. The molecule has 0 saturated carbocycles. The van der Waals surface area contributed by atoms with Crippen LogP contribution in [0.2, 0.25) is 5.02 Å². The average Bonchev–Trinajstić information content (AvgIpc) is 2.69. The molecule has 2 rings (SSSR count). The maximum atomic E-state index is 12.8. The van der Waals surface area contributed by atoms with Crippen molar-refractivity contribution in [1.29, 1.82) is 0 Å². The molecule has 4 nitrogen and oxygen atoms in total. The minimum atomic E-state index is -0.507. The quantitative estimate of drug-likeness (QED) is 0.691. The van der Waals surface area contributed by atoms with Crippen molar-refractivity contribution in [2.45, 2.75) is 25.1 Å². The molecular weight excluding hydrogens is 380 g/mol. The lowest BCUT2D eigenvalue weighted by Crippen LogP contribution is -2.48. The summed E-state index contributed by atoms with van der Waals surface area (Å²) in [5.74, 6) is 0.764. The van der Waals surface area contributed by atoms with Gasteiger partial charge in [0.2, 0.25) is 11.8 Å². The lowest BCUT2D eigenvalue weighted by molar-refractivity contribution is -0.137. The summed E-state index contributed by atoms with van der Waals surface area (Å²) in [6.45, 7) is 2.27. The number of thioether (sulfide) groups is 1. The van der Waals surface area contributed by atoms with Crippen LogP contribution in [0.1, 0.15) is 18.1 Å². The van der Waals surface area contributed by atoms with Gasteiger partial charge in [-0.1, -0.05) is 60.1 Å². The van der Waals surface area contributed by atoms with Gasteiger partial charge in [-0.3, -0.25) is 9.59 Å². The molecule has 0 aliphatic heterocycles. The van der Waals surface area contributed by atoms with Crippen molar-refractivity contribution in [3.8, 4) is 0 Å². The summed E-state index contributed by atoms with van der Waals surface area (Å²) in [4.78, 5) is 26.5. The predicted octanol–water partition coefficient (Wildman–Crippen LogP) is 3.78. The van der Waals surface area contributed by atoms with Gasteiger partial charge in [-0.2, -0.15) is 0 Å². The molecule has 6 heteroatoms. The van der Waals surface area contributed by atoms with Crippen molar-refractivity contribution in [3.63, 3.8) is 0 Å². The molecule has 0 radical (unpaired) electrons. The van der Waals surface area contributed by atoms with E-state index < -0.39 is 6.04 Å². The number of carbonyl (C=O) groups is 2. The number of hydrogen-bond acceptors (Lipinski definition) is 3. The van der Waals surface area contributed by atoms with Crippen LogP contribution in [0.25, 0.3) is 0 Å². The summed E-state index contributed by atoms with van der Waals surface area (Å²) in [5, 5.41) is 3.34. The van der Waals surface area contributed by atoms with E-state index in [9.17, 15) is 9.59 Å². The summed E-state index contributed by atoms with van der Waals surface area (Å²) in [6, 6.07) is 17.1. The van der Waals surface area contributed by atoms with Crippen LogP contribution in [0.5, 0.6) is 0 Å². The second-order valence-corrected chi connectivity index (χ2v) is 7.59. The molecule has 0 saturated heterocycles. The zero-order chi connectivity index (χ0) is 19.6. The molecule has 1 N–H and O–H groups in total. The first-order chi connectivity index (χ1) is 13.0. The molecule has 0 spiro atoms. The second-order valence-electron chi connectivity index (χ2n) is 6.20. The van der Waals surface area contributed by atoms with Gasteiger partial charge in [0.15, 0.2) is 0 Å². The largest absolute Gasteiger partial charge is 0.357 e. The van der Waals surface area contributed by atoms with Crippen LogP contribution in [0, 0.1) is 0 Å². The third-order valence-electron chi connectivity index (χ3n) is 4.34. The minimum Gasteiger partial charge on any atom is -0.357 e. The maximum absolute atomic E-state index is 12.8. The van der Waals surface area contributed by atoms with E-state index in [1.54, 1.807) is 18.9 Å². The smallest absolute Gasteiger partial charge is 0.242 e. The molecule has 2 aromatic rings. The van der Waals surface area contributed by atoms with Gasteiger partial charge in [0.1, 0.15) is 6.04 Å². The lowest BCUT2D eigenvalue weighted by atomic mass is 10.1. The van der Waals surface area contributed by atoms with E-state index in [0.29, 0.717) is 29.5 Å². The third-order valence-corrected chi connectivity index (χ3v) is 5.67. The van der Waals surface area contributed by atoms with Crippen molar-refractivity contribution in [1.82, 2.24) is 10.2 Å². The predicted molar refractivity (Wildman–Crippen MR) is 113 cm³/mol. The second kappa shape index (κ2) is 11.0. The third kappa shape index (κ3) is 6.60. The van der Waals surface area contributed by atoms with Crippen LogP contribution < -0.4 is 5.32 Å². The Morgan fingerprint density at radius 2 is 1.78 bits per heavy atom. The first-order valence-corrected chi connectivity index (χ1v) is 10.4. The van der Waals surface area contributed by atoms with E-state index in [2.05, 4.69) is 5.32 Å². The van der Waals surface area contributed by atoms with Gasteiger partial charge in [-0.25, -0.2) is 0 Å². The van der Waals surface area contributed by atoms with E-state index in [0.717, 1.165) is 11.1 Å². The number of halogens is 1. The maximum Gasteiger partial charge on any atom is 0.242 e. The van der Waals surface area contributed by atoms with Gasteiger partial charge < -0.3 is 10.2 Å². The van der Waals surface area contributed by atoms with E-state index in [-0.39, 0.29) is 11.8 Å². The van der Waals surface area contributed by atoms with Gasteiger partial charge in [0.05, 0.1) is 5.75 Å². The van der Waals surface area contributed by atoms with Gasteiger partial charge >= 0.3 is 0 Å². The molecule has 2 amide bonds. The summed E-state index contributed by atoms with van der Waals surface area (Å²) < 4.78 is 0. The standard InChI is InChI=1S/C21H25ClN2O2S/c1-16(21(26)23-2)24(13-12-17-8-4-3-5-9-17)20(25)15-27-14-18-10-6-7-11-19(18)22/h3-11,16H,12-15H2,1-2H3,(H,23,26)/t16-/m1/s1. The monoisotopic (exact) mass is 404 g/mol. The first kappa shape index (κ1) is 21.3.